The second kappa shape index (κ2) is 11.0. The first-order valence-corrected chi connectivity index (χ1v) is 9.43. The number of aromatic hydroxyl groups is 1. The zero-order valence-electron chi connectivity index (χ0n) is 17.2. The quantitative estimate of drug-likeness (QED) is 0.306. The van der Waals surface area contributed by atoms with Crippen LogP contribution in [0.4, 0.5) is 18.9 Å². The van der Waals surface area contributed by atoms with Gasteiger partial charge in [-0.15, -0.1) is 6.58 Å². The molecule has 0 aromatic heterocycles. The van der Waals surface area contributed by atoms with Crippen molar-refractivity contribution in [1.82, 2.24) is 5.43 Å². The molecule has 0 heterocycles. The fourth-order valence-electron chi connectivity index (χ4n) is 2.69. The third-order valence-corrected chi connectivity index (χ3v) is 4.22. The third kappa shape index (κ3) is 7.15. The molecule has 10 heteroatoms. The molecule has 0 bridgehead atoms. The van der Waals surface area contributed by atoms with E-state index < -0.39 is 23.6 Å². The van der Waals surface area contributed by atoms with E-state index in [0.717, 1.165) is 12.1 Å². The van der Waals surface area contributed by atoms with E-state index >= 15 is 0 Å². The summed E-state index contributed by atoms with van der Waals surface area (Å²) in [6.07, 6.45) is -1.63. The number of anilines is 1. The predicted molar refractivity (Wildman–Crippen MR) is 114 cm³/mol. The number of hydrogen-bond donors (Lipinski definition) is 3. The molecule has 0 aliphatic rings. The largest absolute Gasteiger partial charge is 0.504 e. The van der Waals surface area contributed by atoms with Crippen LogP contribution in [0.2, 0.25) is 0 Å². The summed E-state index contributed by atoms with van der Waals surface area (Å²) >= 11 is 0. The fraction of sp³-hybridized carbons (Fsp3) is 0.227. The first kappa shape index (κ1) is 24.4. The average Bonchev–Trinajstić information content (AvgIpc) is 2.74. The van der Waals surface area contributed by atoms with Crippen molar-refractivity contribution in [2.75, 3.05) is 12.4 Å². The molecular formula is C22H22F3N3O4. The summed E-state index contributed by atoms with van der Waals surface area (Å²) in [5.41, 5.74) is 2.49. The van der Waals surface area contributed by atoms with Crippen molar-refractivity contribution in [2.45, 2.75) is 25.4 Å². The second-order valence-corrected chi connectivity index (χ2v) is 6.64. The van der Waals surface area contributed by atoms with Crippen LogP contribution in [0.3, 0.4) is 0 Å². The molecule has 2 rings (SSSR count). The number of benzene rings is 2. The Morgan fingerprint density at radius 3 is 2.56 bits per heavy atom. The number of nitrogens with one attached hydrogen (secondary N) is 2. The van der Waals surface area contributed by atoms with Crippen LogP contribution < -0.4 is 15.5 Å². The lowest BCUT2D eigenvalue weighted by molar-refractivity contribution is -0.137. The fourth-order valence-corrected chi connectivity index (χ4v) is 2.69. The Kier molecular flexibility index (Phi) is 8.39. The van der Waals surface area contributed by atoms with Gasteiger partial charge in [-0.1, -0.05) is 12.1 Å². The highest BCUT2D eigenvalue weighted by atomic mass is 19.4. The zero-order valence-corrected chi connectivity index (χ0v) is 17.2. The van der Waals surface area contributed by atoms with Gasteiger partial charge in [-0.05, 0) is 42.3 Å². The van der Waals surface area contributed by atoms with Crippen molar-refractivity contribution in [3.05, 3.63) is 65.7 Å². The van der Waals surface area contributed by atoms with E-state index in [1.165, 1.54) is 31.5 Å². The molecule has 0 atom stereocenters. The highest BCUT2D eigenvalue weighted by Gasteiger charge is 2.30. The van der Waals surface area contributed by atoms with Crippen molar-refractivity contribution < 1.29 is 32.6 Å². The van der Waals surface area contributed by atoms with Gasteiger partial charge in [0.1, 0.15) is 0 Å². The van der Waals surface area contributed by atoms with Crippen molar-refractivity contribution in [1.29, 1.82) is 0 Å². The lowest BCUT2D eigenvalue weighted by atomic mass is 10.1. The van der Waals surface area contributed by atoms with E-state index in [1.54, 1.807) is 12.1 Å². The first-order chi connectivity index (χ1) is 15.1. The number of halogens is 3. The number of amides is 2. The maximum Gasteiger partial charge on any atom is 0.416 e. The van der Waals surface area contributed by atoms with Crippen molar-refractivity contribution >= 4 is 23.7 Å². The topological polar surface area (TPSA) is 100 Å². The summed E-state index contributed by atoms with van der Waals surface area (Å²) in [6, 6.07) is 7.39. The highest BCUT2D eigenvalue weighted by molar-refractivity contribution is 5.93. The van der Waals surface area contributed by atoms with Crippen molar-refractivity contribution in [3.63, 3.8) is 0 Å². The van der Waals surface area contributed by atoms with Gasteiger partial charge < -0.3 is 15.2 Å². The molecule has 0 radical (unpaired) electrons. The van der Waals surface area contributed by atoms with Crippen LogP contribution in [-0.4, -0.2) is 30.2 Å². The summed E-state index contributed by atoms with van der Waals surface area (Å²) in [6.45, 7) is 3.62. The van der Waals surface area contributed by atoms with E-state index in [2.05, 4.69) is 22.4 Å². The molecule has 0 fully saturated rings. The van der Waals surface area contributed by atoms with Gasteiger partial charge >= 0.3 is 6.18 Å². The number of carbonyl (C=O) groups excluding carboxylic acids is 2. The predicted octanol–water partition coefficient (Wildman–Crippen LogP) is 4.02. The van der Waals surface area contributed by atoms with Crippen LogP contribution >= 0.6 is 0 Å². The van der Waals surface area contributed by atoms with E-state index in [-0.39, 0.29) is 30.0 Å². The smallest absolute Gasteiger partial charge is 0.416 e. The number of carbonyl (C=O) groups is 2. The van der Waals surface area contributed by atoms with E-state index in [0.29, 0.717) is 17.5 Å². The van der Waals surface area contributed by atoms with Gasteiger partial charge in [0.2, 0.25) is 11.8 Å². The van der Waals surface area contributed by atoms with E-state index in [4.69, 9.17) is 4.74 Å². The normalized spacial score (nSPS) is 11.2. The van der Waals surface area contributed by atoms with Gasteiger partial charge in [-0.3, -0.25) is 9.59 Å². The van der Waals surface area contributed by atoms with Gasteiger partial charge in [0, 0.05) is 24.1 Å². The summed E-state index contributed by atoms with van der Waals surface area (Å²) in [4.78, 5) is 23.8. The molecule has 0 aliphatic carbocycles. The van der Waals surface area contributed by atoms with Crippen LogP contribution in [0.1, 0.15) is 29.5 Å². The second-order valence-electron chi connectivity index (χ2n) is 6.64. The van der Waals surface area contributed by atoms with E-state index in [1.807, 2.05) is 0 Å². The third-order valence-electron chi connectivity index (χ3n) is 4.22. The molecule has 2 aromatic carbocycles. The SMILES string of the molecule is C=CCc1cc(/C=N/NC(=O)CCC(=O)Nc2cccc(C(F)(F)F)c2)cc(OC)c1O. The molecule has 0 saturated carbocycles. The summed E-state index contributed by atoms with van der Waals surface area (Å²) in [5.74, 6) is -0.943. The Hall–Kier alpha value is -3.82. The molecule has 170 valence electrons. The molecule has 0 unspecified atom stereocenters. The molecule has 2 amide bonds. The molecule has 32 heavy (non-hydrogen) atoms. The van der Waals surface area contributed by atoms with Crippen LogP contribution in [0.15, 0.2) is 54.2 Å². The molecule has 0 spiro atoms. The Balaban J connectivity index is 1.88. The number of methoxy groups -OCH3 is 1. The van der Waals surface area contributed by atoms with Gasteiger partial charge in [-0.2, -0.15) is 18.3 Å². The molecule has 0 aliphatic heterocycles. The van der Waals surface area contributed by atoms with Gasteiger partial charge in [0.05, 0.1) is 18.9 Å². The number of phenols is 1. The first-order valence-electron chi connectivity index (χ1n) is 9.43. The number of allylic oxidation sites excluding steroid dienone is 1. The van der Waals surface area contributed by atoms with Crippen LogP contribution in [0.5, 0.6) is 11.5 Å². The molecule has 0 saturated heterocycles. The lowest BCUT2D eigenvalue weighted by Crippen LogP contribution is -2.20. The monoisotopic (exact) mass is 449 g/mol. The molecule has 7 nitrogen and oxygen atoms in total. The molecular weight excluding hydrogens is 427 g/mol. The summed E-state index contributed by atoms with van der Waals surface area (Å²) < 4.78 is 43.3. The standard InChI is InChI=1S/C22H22F3N3O4/c1-3-5-15-10-14(11-18(32-2)21(15)31)13-26-28-20(30)9-8-19(29)27-17-7-4-6-16(12-17)22(23,24)25/h3-4,6-7,10-13,31H,1,5,8-9H2,2H3,(H,27,29)(H,28,30)/b26-13+. The number of hydrazone groups is 1. The van der Waals surface area contributed by atoms with Crippen LogP contribution in [0, 0.1) is 0 Å². The number of hydrogen-bond acceptors (Lipinski definition) is 5. The Morgan fingerprint density at radius 2 is 1.91 bits per heavy atom. The van der Waals surface area contributed by atoms with Crippen molar-refractivity contribution in [2.24, 2.45) is 5.10 Å². The summed E-state index contributed by atoms with van der Waals surface area (Å²) in [7, 11) is 1.40. The van der Waals surface area contributed by atoms with Gasteiger partial charge in [0.15, 0.2) is 11.5 Å². The van der Waals surface area contributed by atoms with Crippen LogP contribution in [-0.2, 0) is 22.2 Å². The summed E-state index contributed by atoms with van der Waals surface area (Å²) in [5, 5.41) is 16.2. The van der Waals surface area contributed by atoms with Crippen molar-refractivity contribution in [3.8, 4) is 11.5 Å². The maximum absolute atomic E-state index is 12.7. The maximum atomic E-state index is 12.7. The molecule has 3 N–H and O–H groups in total. The van der Waals surface area contributed by atoms with Crippen LogP contribution in [0.25, 0.3) is 0 Å². The Morgan fingerprint density at radius 1 is 1.19 bits per heavy atom. The lowest BCUT2D eigenvalue weighted by Gasteiger charge is -2.10. The number of rotatable bonds is 9. The number of nitrogens with zero attached hydrogens (tertiary/aromatic N) is 1. The van der Waals surface area contributed by atoms with Gasteiger partial charge in [0.25, 0.3) is 0 Å². The number of phenolic OH excluding ortho intramolecular Hbond substituents is 1. The Labute approximate surface area is 182 Å². The minimum Gasteiger partial charge on any atom is -0.504 e. The minimum absolute atomic E-state index is 0.0135. The molecule has 2 aromatic rings. The average molecular weight is 449 g/mol. The Bertz CT molecular complexity index is 1020. The van der Waals surface area contributed by atoms with Gasteiger partial charge in [-0.25, -0.2) is 5.43 Å². The highest BCUT2D eigenvalue weighted by Crippen LogP contribution is 2.32. The number of ether oxygens (including phenoxy) is 1. The minimum atomic E-state index is -4.52. The van der Waals surface area contributed by atoms with E-state index in [9.17, 15) is 27.9 Å². The number of alkyl halides is 3. The zero-order chi connectivity index (χ0) is 23.7.